The first-order valence-corrected chi connectivity index (χ1v) is 4.76. The number of methoxy groups -OCH3 is 1. The van der Waals surface area contributed by atoms with Crippen molar-refractivity contribution >= 4 is 13.6 Å². The van der Waals surface area contributed by atoms with Crippen molar-refractivity contribution in [1.29, 1.82) is 0 Å². The van der Waals surface area contributed by atoms with Gasteiger partial charge >= 0.3 is 24.8 Å². The van der Waals surface area contributed by atoms with E-state index in [4.69, 9.17) is 0 Å². The Morgan fingerprint density at radius 1 is 1.58 bits per heavy atom. The third kappa shape index (κ3) is 6.90. The average molecular weight is 188 g/mol. The Morgan fingerprint density at radius 2 is 2.08 bits per heavy atom. The Hall–Kier alpha value is 0.217. The molecule has 0 saturated heterocycles. The van der Waals surface area contributed by atoms with Crippen molar-refractivity contribution in [1.82, 2.24) is 0 Å². The molecule has 1 unspecified atom stereocenters. The quantitative estimate of drug-likeness (QED) is 0.263. The van der Waals surface area contributed by atoms with E-state index in [1.807, 2.05) is 0 Å². The maximum absolute atomic E-state index is 10.7. The first kappa shape index (κ1) is 14.7. The van der Waals surface area contributed by atoms with Crippen LogP contribution in [0.4, 0.5) is 0 Å². The number of carbonyl (C=O) groups excluding carboxylic acids is 1. The minimum atomic E-state index is -3.99. The molecule has 0 fully saturated rings. The van der Waals surface area contributed by atoms with Crippen LogP contribution in [0.25, 0.3) is 0 Å². The summed E-state index contributed by atoms with van der Waals surface area (Å²) in [6.45, 7) is 1.57. The molecule has 0 spiro atoms. The molecular formula is C5H10LiO5P. The largest absolute Gasteiger partial charge is 1.00 e. The van der Waals surface area contributed by atoms with E-state index >= 15 is 0 Å². The van der Waals surface area contributed by atoms with E-state index in [1.165, 1.54) is 6.92 Å². The van der Waals surface area contributed by atoms with E-state index < -0.39 is 19.7 Å². The van der Waals surface area contributed by atoms with Crippen LogP contribution in [0.2, 0.25) is 0 Å². The third-order valence-corrected chi connectivity index (χ3v) is 2.17. The van der Waals surface area contributed by atoms with Crippen molar-refractivity contribution in [2.75, 3.05) is 19.9 Å². The minimum absolute atomic E-state index is 0. The van der Waals surface area contributed by atoms with Gasteiger partial charge in [-0.3, -0.25) is 4.79 Å². The van der Waals surface area contributed by atoms with Gasteiger partial charge in [-0.1, -0.05) is 0 Å². The van der Waals surface area contributed by atoms with Crippen molar-refractivity contribution in [2.24, 2.45) is 0 Å². The van der Waals surface area contributed by atoms with E-state index in [0.717, 1.165) is 7.11 Å². The van der Waals surface area contributed by atoms with E-state index in [0.29, 0.717) is 0 Å². The number of ether oxygens (including phenoxy) is 1. The van der Waals surface area contributed by atoms with Gasteiger partial charge in [-0.05, 0) is 6.92 Å². The van der Waals surface area contributed by atoms with Crippen LogP contribution in [-0.4, -0.2) is 25.8 Å². The first-order chi connectivity index (χ1) is 5.02. The van der Waals surface area contributed by atoms with Crippen molar-refractivity contribution in [3.8, 4) is 0 Å². The van der Waals surface area contributed by atoms with Gasteiger partial charge < -0.3 is 18.7 Å². The summed E-state index contributed by atoms with van der Waals surface area (Å²) in [5, 5.41) is 0. The second kappa shape index (κ2) is 6.70. The van der Waals surface area contributed by atoms with Gasteiger partial charge in [-0.25, -0.2) is 0 Å². The summed E-state index contributed by atoms with van der Waals surface area (Å²) in [5.41, 5.74) is 0. The first-order valence-electron chi connectivity index (χ1n) is 3.03. The molecule has 7 heteroatoms. The SMILES string of the molecule is CCOP(=O)([O-])CC(=O)OC.[Li+]. The number of hydrogen-bond donors (Lipinski definition) is 0. The number of esters is 1. The fourth-order valence-corrected chi connectivity index (χ4v) is 1.40. The van der Waals surface area contributed by atoms with Crippen molar-refractivity contribution in [3.63, 3.8) is 0 Å². The Labute approximate surface area is 83.1 Å². The van der Waals surface area contributed by atoms with E-state index in [9.17, 15) is 14.3 Å². The molecule has 0 saturated carbocycles. The molecule has 0 bridgehead atoms. The summed E-state index contributed by atoms with van der Waals surface area (Å²) in [4.78, 5) is 21.1. The maximum atomic E-state index is 10.7. The van der Waals surface area contributed by atoms with Crippen LogP contribution in [-0.2, 0) is 18.6 Å². The molecule has 0 aromatic heterocycles. The van der Waals surface area contributed by atoms with E-state index in [-0.39, 0.29) is 25.5 Å². The number of carbonyl (C=O) groups is 1. The zero-order chi connectivity index (χ0) is 8.91. The zero-order valence-electron chi connectivity index (χ0n) is 7.40. The van der Waals surface area contributed by atoms with Gasteiger partial charge in [-0.15, -0.1) is 0 Å². The normalized spacial score (nSPS) is 14.2. The van der Waals surface area contributed by atoms with Crippen LogP contribution in [0, 0.1) is 0 Å². The molecule has 0 radical (unpaired) electrons. The fourth-order valence-electron chi connectivity index (χ4n) is 0.465. The maximum Gasteiger partial charge on any atom is 1.00 e. The summed E-state index contributed by atoms with van der Waals surface area (Å²) in [6.07, 6.45) is -0.697. The van der Waals surface area contributed by atoms with Gasteiger partial charge in [0, 0.05) is 0 Å². The molecule has 0 aromatic rings. The van der Waals surface area contributed by atoms with Crippen LogP contribution in [0.15, 0.2) is 0 Å². The van der Waals surface area contributed by atoms with Gasteiger partial charge in [0.15, 0.2) is 0 Å². The summed E-state index contributed by atoms with van der Waals surface area (Å²) in [6, 6.07) is 0. The molecule has 5 nitrogen and oxygen atoms in total. The summed E-state index contributed by atoms with van der Waals surface area (Å²) in [7, 11) is -2.87. The molecule has 0 aromatic carbocycles. The van der Waals surface area contributed by atoms with E-state index in [1.54, 1.807) is 0 Å². The van der Waals surface area contributed by atoms with Gasteiger partial charge in [-0.2, -0.15) is 0 Å². The average Bonchev–Trinajstić information content (AvgIpc) is 1.86. The minimum Gasteiger partial charge on any atom is -0.778 e. The van der Waals surface area contributed by atoms with Crippen LogP contribution >= 0.6 is 7.60 Å². The molecule has 0 aliphatic carbocycles. The second-order valence-electron chi connectivity index (χ2n) is 1.76. The topological polar surface area (TPSA) is 75.7 Å². The van der Waals surface area contributed by atoms with Crippen LogP contribution in [0.5, 0.6) is 0 Å². The Kier molecular flexibility index (Phi) is 8.23. The third-order valence-electron chi connectivity index (χ3n) is 0.876. The molecule has 1 atom stereocenters. The summed E-state index contributed by atoms with van der Waals surface area (Å²) >= 11 is 0. The molecule has 66 valence electrons. The molecule has 0 rings (SSSR count). The molecule has 12 heavy (non-hydrogen) atoms. The standard InChI is InChI=1S/C5H11O5P.Li/c1-3-10-11(7,8)4-5(6)9-2;/h3-4H2,1-2H3,(H,7,8);/q;+1/p-1. The predicted molar refractivity (Wildman–Crippen MR) is 36.1 cm³/mol. The number of hydrogen-bond acceptors (Lipinski definition) is 5. The summed E-state index contributed by atoms with van der Waals surface area (Å²) in [5.74, 6) is -0.809. The van der Waals surface area contributed by atoms with E-state index in [2.05, 4.69) is 9.26 Å². The summed E-state index contributed by atoms with van der Waals surface area (Å²) < 4.78 is 19.1. The van der Waals surface area contributed by atoms with Gasteiger partial charge in [0.2, 0.25) is 0 Å². The molecule has 0 amide bonds. The van der Waals surface area contributed by atoms with Gasteiger partial charge in [0.25, 0.3) is 0 Å². The molecule has 0 aliphatic heterocycles. The van der Waals surface area contributed by atoms with Crippen LogP contribution in [0.1, 0.15) is 6.92 Å². The molecule has 0 N–H and O–H groups in total. The second-order valence-corrected chi connectivity index (χ2v) is 3.56. The van der Waals surface area contributed by atoms with Crippen molar-refractivity contribution in [2.45, 2.75) is 6.92 Å². The molecular weight excluding hydrogens is 178 g/mol. The molecule has 0 aliphatic rings. The predicted octanol–water partition coefficient (Wildman–Crippen LogP) is -3.25. The Morgan fingerprint density at radius 3 is 2.42 bits per heavy atom. The Balaban J connectivity index is 0. The van der Waals surface area contributed by atoms with Crippen LogP contribution in [0.3, 0.4) is 0 Å². The molecule has 0 heterocycles. The number of rotatable bonds is 4. The zero-order valence-corrected chi connectivity index (χ0v) is 8.30. The fraction of sp³-hybridized carbons (Fsp3) is 0.800. The van der Waals surface area contributed by atoms with Gasteiger partial charge in [0.1, 0.15) is 13.8 Å². The smallest absolute Gasteiger partial charge is 0.778 e. The Bertz CT molecular complexity index is 183. The van der Waals surface area contributed by atoms with Crippen molar-refractivity contribution in [3.05, 3.63) is 0 Å². The van der Waals surface area contributed by atoms with Crippen molar-refractivity contribution < 1.29 is 42.4 Å². The monoisotopic (exact) mass is 188 g/mol. The van der Waals surface area contributed by atoms with Gasteiger partial charge in [0.05, 0.1) is 13.7 Å². The van der Waals surface area contributed by atoms with Crippen LogP contribution < -0.4 is 23.8 Å².